The molecule has 4 nitrogen and oxygen atoms in total. The molecule has 1 aromatic carbocycles. The minimum absolute atomic E-state index is 0.00495. The summed E-state index contributed by atoms with van der Waals surface area (Å²) in [6, 6.07) is 4.23. The number of hydrogen-bond acceptors (Lipinski definition) is 3. The molecule has 0 bridgehead atoms. The van der Waals surface area contributed by atoms with Crippen LogP contribution in [0.1, 0.15) is 43.5 Å². The third-order valence-electron chi connectivity index (χ3n) is 4.14. The van der Waals surface area contributed by atoms with Crippen molar-refractivity contribution < 1.29 is 14.0 Å². The summed E-state index contributed by atoms with van der Waals surface area (Å²) in [5.74, 6) is -0.0727. The van der Waals surface area contributed by atoms with E-state index in [0.29, 0.717) is 10.9 Å². The number of rotatable bonds is 5. The average molecular weight is 338 g/mol. The van der Waals surface area contributed by atoms with E-state index < -0.39 is 5.82 Å². The van der Waals surface area contributed by atoms with E-state index in [2.05, 4.69) is 12.2 Å². The molecule has 0 spiro atoms. The van der Waals surface area contributed by atoms with E-state index in [1.165, 1.54) is 25.1 Å². The molecule has 23 heavy (non-hydrogen) atoms. The molecule has 1 N–H and O–H groups in total. The Kier molecular flexibility index (Phi) is 6.04. The third kappa shape index (κ3) is 4.47. The highest BCUT2D eigenvalue weighted by molar-refractivity contribution is 7.99. The number of amides is 2. The Labute approximate surface area is 140 Å². The molecule has 0 aromatic heterocycles. The normalized spacial score (nSPS) is 20.3. The quantitative estimate of drug-likeness (QED) is 0.893. The van der Waals surface area contributed by atoms with Crippen molar-refractivity contribution in [3.63, 3.8) is 0 Å². The highest BCUT2D eigenvalue weighted by Crippen LogP contribution is 2.33. The molecule has 0 unspecified atom stereocenters. The molecule has 6 heteroatoms. The Morgan fingerprint density at radius 2 is 2.13 bits per heavy atom. The van der Waals surface area contributed by atoms with Crippen LogP contribution < -0.4 is 5.32 Å². The van der Waals surface area contributed by atoms with Gasteiger partial charge in [-0.1, -0.05) is 6.92 Å². The molecule has 1 fully saturated rings. The Morgan fingerprint density at radius 3 is 2.78 bits per heavy atom. The molecular formula is C17H23FN2O2S. The van der Waals surface area contributed by atoms with Crippen LogP contribution >= 0.6 is 11.8 Å². The molecule has 1 aliphatic carbocycles. The van der Waals surface area contributed by atoms with E-state index in [-0.39, 0.29) is 23.4 Å². The van der Waals surface area contributed by atoms with Crippen LogP contribution in [0, 0.1) is 5.82 Å². The first-order valence-electron chi connectivity index (χ1n) is 7.88. The van der Waals surface area contributed by atoms with Crippen LogP contribution in [0.4, 0.5) is 10.1 Å². The molecular weight excluding hydrogens is 315 g/mol. The smallest absolute Gasteiger partial charge is 0.256 e. The van der Waals surface area contributed by atoms with Gasteiger partial charge < -0.3 is 10.2 Å². The molecule has 1 aliphatic rings. The van der Waals surface area contributed by atoms with E-state index in [4.69, 9.17) is 0 Å². The van der Waals surface area contributed by atoms with Crippen LogP contribution in [-0.2, 0) is 4.79 Å². The van der Waals surface area contributed by atoms with Crippen molar-refractivity contribution in [2.75, 3.05) is 18.1 Å². The first kappa shape index (κ1) is 17.8. The molecule has 0 radical (unpaired) electrons. The highest BCUT2D eigenvalue weighted by Gasteiger charge is 2.31. The number of thioether (sulfide) groups is 1. The van der Waals surface area contributed by atoms with Crippen LogP contribution in [0.5, 0.6) is 0 Å². The highest BCUT2D eigenvalue weighted by atomic mass is 32.2. The van der Waals surface area contributed by atoms with Gasteiger partial charge in [0.1, 0.15) is 5.82 Å². The van der Waals surface area contributed by atoms with Gasteiger partial charge in [0.05, 0.1) is 5.56 Å². The largest absolute Gasteiger partial charge is 0.339 e. The molecule has 2 atom stereocenters. The number of carbonyl (C=O) groups is 2. The number of benzene rings is 1. The Balaban J connectivity index is 2.11. The van der Waals surface area contributed by atoms with E-state index in [9.17, 15) is 14.0 Å². The van der Waals surface area contributed by atoms with Gasteiger partial charge in [-0.3, -0.25) is 9.59 Å². The lowest BCUT2D eigenvalue weighted by Crippen LogP contribution is -2.36. The lowest BCUT2D eigenvalue weighted by molar-refractivity contribution is -0.114. The first-order valence-corrected chi connectivity index (χ1v) is 8.93. The van der Waals surface area contributed by atoms with Crippen molar-refractivity contribution in [1.29, 1.82) is 0 Å². The van der Waals surface area contributed by atoms with Crippen molar-refractivity contribution in [1.82, 2.24) is 4.90 Å². The predicted octanol–water partition coefficient (Wildman–Crippen LogP) is 3.53. The van der Waals surface area contributed by atoms with Crippen molar-refractivity contribution in [3.8, 4) is 0 Å². The van der Waals surface area contributed by atoms with Crippen molar-refractivity contribution >= 4 is 29.3 Å². The number of anilines is 1. The molecule has 0 heterocycles. The fourth-order valence-electron chi connectivity index (χ4n) is 2.98. The fraction of sp³-hybridized carbons (Fsp3) is 0.529. The average Bonchev–Trinajstić information content (AvgIpc) is 2.96. The van der Waals surface area contributed by atoms with Gasteiger partial charge in [-0.05, 0) is 43.2 Å². The second-order valence-electron chi connectivity index (χ2n) is 5.84. The standard InChI is InChI=1S/C17H23FN2O2S/c1-4-23-14-7-6-13(10-14)20(3)17(22)15-9-12(19-11(2)21)5-8-16(15)18/h5,8-9,13-14H,4,6-7,10H2,1-3H3,(H,19,21)/t13-,14+/m1/s1. The van der Waals surface area contributed by atoms with E-state index in [0.717, 1.165) is 25.0 Å². The fourth-order valence-corrected chi connectivity index (χ4v) is 4.11. The lowest BCUT2D eigenvalue weighted by Gasteiger charge is -2.25. The van der Waals surface area contributed by atoms with Gasteiger partial charge in [-0.25, -0.2) is 4.39 Å². The molecule has 0 aliphatic heterocycles. The Hall–Kier alpha value is -1.56. The SMILES string of the molecule is CCS[C@H]1CC[C@@H](N(C)C(=O)c2cc(NC(C)=O)ccc2F)C1. The van der Waals surface area contributed by atoms with E-state index >= 15 is 0 Å². The van der Waals surface area contributed by atoms with Crippen molar-refractivity contribution in [2.45, 2.75) is 44.4 Å². The maximum absolute atomic E-state index is 14.0. The zero-order valence-electron chi connectivity index (χ0n) is 13.8. The summed E-state index contributed by atoms with van der Waals surface area (Å²) in [6.07, 6.45) is 3.00. The third-order valence-corrected chi connectivity index (χ3v) is 5.38. The minimum atomic E-state index is -0.562. The predicted molar refractivity (Wildman–Crippen MR) is 92.4 cm³/mol. The maximum Gasteiger partial charge on any atom is 0.256 e. The molecule has 126 valence electrons. The van der Waals surface area contributed by atoms with Gasteiger partial charge in [0.2, 0.25) is 5.91 Å². The zero-order chi connectivity index (χ0) is 17.0. The molecule has 2 amide bonds. The number of nitrogens with one attached hydrogen (secondary N) is 1. The zero-order valence-corrected chi connectivity index (χ0v) is 14.6. The van der Waals surface area contributed by atoms with E-state index in [1.807, 2.05) is 11.8 Å². The second kappa shape index (κ2) is 7.81. The van der Waals surface area contributed by atoms with Gasteiger partial charge >= 0.3 is 0 Å². The topological polar surface area (TPSA) is 49.4 Å². The summed E-state index contributed by atoms with van der Waals surface area (Å²) < 4.78 is 14.0. The number of nitrogens with zero attached hydrogens (tertiary/aromatic N) is 1. The summed E-state index contributed by atoms with van der Waals surface area (Å²) in [5, 5.41) is 3.16. The van der Waals surface area contributed by atoms with Crippen molar-refractivity contribution in [2.24, 2.45) is 0 Å². The summed E-state index contributed by atoms with van der Waals surface area (Å²) in [5.41, 5.74) is 0.437. The monoisotopic (exact) mass is 338 g/mol. The summed E-state index contributed by atoms with van der Waals surface area (Å²) in [6.45, 7) is 3.51. The first-order chi connectivity index (χ1) is 10.9. The van der Waals surface area contributed by atoms with Gasteiger partial charge in [-0.2, -0.15) is 11.8 Å². The summed E-state index contributed by atoms with van der Waals surface area (Å²) >= 11 is 1.92. The lowest BCUT2D eigenvalue weighted by atomic mass is 10.1. The number of hydrogen-bond donors (Lipinski definition) is 1. The maximum atomic E-state index is 14.0. The summed E-state index contributed by atoms with van der Waals surface area (Å²) in [4.78, 5) is 25.4. The Bertz CT molecular complexity index is 594. The minimum Gasteiger partial charge on any atom is -0.339 e. The van der Waals surface area contributed by atoms with E-state index in [1.54, 1.807) is 11.9 Å². The van der Waals surface area contributed by atoms with Crippen LogP contribution in [0.15, 0.2) is 18.2 Å². The van der Waals surface area contributed by atoms with Gasteiger partial charge in [0, 0.05) is 31.0 Å². The molecule has 0 saturated heterocycles. The Morgan fingerprint density at radius 1 is 1.39 bits per heavy atom. The van der Waals surface area contributed by atoms with Gasteiger partial charge in [0.25, 0.3) is 5.91 Å². The molecule has 1 aromatic rings. The van der Waals surface area contributed by atoms with Crippen LogP contribution in [0.25, 0.3) is 0 Å². The van der Waals surface area contributed by atoms with Gasteiger partial charge in [-0.15, -0.1) is 0 Å². The summed E-state index contributed by atoms with van der Waals surface area (Å²) in [7, 11) is 1.73. The molecule has 2 rings (SSSR count). The number of halogens is 1. The van der Waals surface area contributed by atoms with Crippen LogP contribution in [0.3, 0.4) is 0 Å². The van der Waals surface area contributed by atoms with Crippen LogP contribution in [-0.4, -0.2) is 40.8 Å². The van der Waals surface area contributed by atoms with Crippen LogP contribution in [0.2, 0.25) is 0 Å². The van der Waals surface area contributed by atoms with Gasteiger partial charge in [0.15, 0.2) is 0 Å². The second-order valence-corrected chi connectivity index (χ2v) is 7.41. The van der Waals surface area contributed by atoms with Crippen molar-refractivity contribution in [3.05, 3.63) is 29.6 Å². The number of carbonyl (C=O) groups excluding carboxylic acids is 2. The molecule has 1 saturated carbocycles.